The lowest BCUT2D eigenvalue weighted by Gasteiger charge is -2.19. The van der Waals surface area contributed by atoms with Crippen molar-refractivity contribution >= 4 is 28.5 Å². The standard InChI is InChI=1S/C24H21N5O3/c1-25-24(31)15-3-8-20-19(12-15)28-23(16-5-10-22(32-2)26-13-16)29(20)17-6-7-18-14(11-17)4-9-21(30)27-18/h3,5-8,10-13H,4,9H2,1-2H3,(H,25,31)(H,27,30). The number of aryl methyl sites for hydroxylation is 1. The van der Waals surface area contributed by atoms with Crippen LogP contribution in [0.1, 0.15) is 22.3 Å². The third-order valence-corrected chi connectivity index (χ3v) is 5.59. The molecule has 0 atom stereocenters. The molecule has 4 aromatic rings. The van der Waals surface area contributed by atoms with Crippen molar-refractivity contribution < 1.29 is 14.3 Å². The Morgan fingerprint density at radius 3 is 2.75 bits per heavy atom. The summed E-state index contributed by atoms with van der Waals surface area (Å²) in [7, 11) is 3.18. The summed E-state index contributed by atoms with van der Waals surface area (Å²) in [6.45, 7) is 0. The van der Waals surface area contributed by atoms with Crippen molar-refractivity contribution in [1.82, 2.24) is 19.9 Å². The highest BCUT2D eigenvalue weighted by molar-refractivity contribution is 5.98. The summed E-state index contributed by atoms with van der Waals surface area (Å²) in [6.07, 6.45) is 2.86. The van der Waals surface area contributed by atoms with Crippen LogP contribution in [0, 0.1) is 0 Å². The van der Waals surface area contributed by atoms with Crippen molar-refractivity contribution in [1.29, 1.82) is 0 Å². The number of nitrogens with one attached hydrogen (secondary N) is 2. The van der Waals surface area contributed by atoms with Gasteiger partial charge in [-0.2, -0.15) is 0 Å². The molecule has 0 aliphatic carbocycles. The fourth-order valence-corrected chi connectivity index (χ4v) is 3.96. The normalized spacial score (nSPS) is 12.9. The van der Waals surface area contributed by atoms with E-state index in [4.69, 9.17) is 9.72 Å². The van der Waals surface area contributed by atoms with E-state index in [9.17, 15) is 9.59 Å². The van der Waals surface area contributed by atoms with Gasteiger partial charge in [0.15, 0.2) is 0 Å². The molecule has 3 heterocycles. The molecule has 8 heteroatoms. The number of carbonyl (C=O) groups is 2. The molecule has 0 fully saturated rings. The number of nitrogens with zero attached hydrogens (tertiary/aromatic N) is 3. The predicted molar refractivity (Wildman–Crippen MR) is 121 cm³/mol. The van der Waals surface area contributed by atoms with Gasteiger partial charge in [0.1, 0.15) is 5.82 Å². The van der Waals surface area contributed by atoms with Crippen molar-refractivity contribution in [3.63, 3.8) is 0 Å². The zero-order valence-electron chi connectivity index (χ0n) is 17.7. The second-order valence-electron chi connectivity index (χ2n) is 7.53. The molecular formula is C24H21N5O3. The smallest absolute Gasteiger partial charge is 0.251 e. The average molecular weight is 427 g/mol. The number of amides is 2. The number of carbonyl (C=O) groups excluding carboxylic acids is 2. The van der Waals surface area contributed by atoms with E-state index in [1.54, 1.807) is 38.6 Å². The summed E-state index contributed by atoms with van der Waals surface area (Å²) in [5.41, 5.74) is 5.74. The van der Waals surface area contributed by atoms with Crippen molar-refractivity contribution in [3.05, 3.63) is 65.9 Å². The Hall–Kier alpha value is -4.20. The minimum atomic E-state index is -0.168. The van der Waals surface area contributed by atoms with Gasteiger partial charge in [-0.3, -0.25) is 14.2 Å². The summed E-state index contributed by atoms with van der Waals surface area (Å²) >= 11 is 0. The Balaban J connectivity index is 1.71. The summed E-state index contributed by atoms with van der Waals surface area (Å²) in [5, 5.41) is 5.57. The number of imidazole rings is 1. The Bertz CT molecular complexity index is 1360. The van der Waals surface area contributed by atoms with Crippen LogP contribution in [0.25, 0.3) is 28.1 Å². The number of hydrogen-bond acceptors (Lipinski definition) is 5. The van der Waals surface area contributed by atoms with Crippen molar-refractivity contribution in [3.8, 4) is 23.0 Å². The molecular weight excluding hydrogens is 406 g/mol. The number of rotatable bonds is 4. The number of aromatic nitrogens is 3. The Morgan fingerprint density at radius 1 is 1.12 bits per heavy atom. The molecule has 2 aromatic carbocycles. The molecule has 2 amide bonds. The second kappa shape index (κ2) is 7.81. The third kappa shape index (κ3) is 3.35. The fraction of sp³-hybridized carbons (Fsp3) is 0.167. The summed E-state index contributed by atoms with van der Waals surface area (Å²) in [4.78, 5) is 33.1. The molecule has 0 bridgehead atoms. The number of hydrogen-bond donors (Lipinski definition) is 2. The van der Waals surface area contributed by atoms with E-state index in [2.05, 4.69) is 21.7 Å². The minimum Gasteiger partial charge on any atom is -0.481 e. The van der Waals surface area contributed by atoms with Crippen LogP contribution in [0.3, 0.4) is 0 Å². The van der Waals surface area contributed by atoms with E-state index in [0.29, 0.717) is 35.6 Å². The fourth-order valence-electron chi connectivity index (χ4n) is 3.96. The van der Waals surface area contributed by atoms with Gasteiger partial charge >= 0.3 is 0 Å². The average Bonchev–Trinajstić information content (AvgIpc) is 3.22. The molecule has 5 rings (SSSR count). The number of ether oxygens (including phenoxy) is 1. The lowest BCUT2D eigenvalue weighted by Crippen LogP contribution is -2.19. The van der Waals surface area contributed by atoms with Gasteiger partial charge in [-0.1, -0.05) is 0 Å². The maximum Gasteiger partial charge on any atom is 0.251 e. The van der Waals surface area contributed by atoms with Crippen LogP contribution in [0.4, 0.5) is 5.69 Å². The second-order valence-corrected chi connectivity index (χ2v) is 7.53. The number of methoxy groups -OCH3 is 1. The van der Waals surface area contributed by atoms with Crippen LogP contribution in [-0.4, -0.2) is 40.5 Å². The van der Waals surface area contributed by atoms with E-state index in [1.165, 1.54) is 0 Å². The molecule has 0 radical (unpaired) electrons. The molecule has 2 aromatic heterocycles. The van der Waals surface area contributed by atoms with Crippen LogP contribution < -0.4 is 15.4 Å². The zero-order chi connectivity index (χ0) is 22.2. The molecule has 2 N–H and O–H groups in total. The number of benzene rings is 2. The largest absolute Gasteiger partial charge is 0.481 e. The Kier molecular flexibility index (Phi) is 4.82. The monoisotopic (exact) mass is 427 g/mol. The predicted octanol–water partition coefficient (Wildman–Crippen LogP) is 3.34. The molecule has 0 saturated heterocycles. The topological polar surface area (TPSA) is 98.1 Å². The van der Waals surface area contributed by atoms with Crippen LogP contribution in [-0.2, 0) is 11.2 Å². The Morgan fingerprint density at radius 2 is 2.00 bits per heavy atom. The first-order chi connectivity index (χ1) is 15.6. The summed E-state index contributed by atoms with van der Waals surface area (Å²) in [6, 6.07) is 15.1. The maximum absolute atomic E-state index is 12.1. The van der Waals surface area contributed by atoms with Gasteiger partial charge < -0.3 is 15.4 Å². The van der Waals surface area contributed by atoms with Gasteiger partial charge in [0.2, 0.25) is 11.8 Å². The first-order valence-corrected chi connectivity index (χ1v) is 10.3. The van der Waals surface area contributed by atoms with E-state index < -0.39 is 0 Å². The van der Waals surface area contributed by atoms with Crippen LogP contribution >= 0.6 is 0 Å². The van der Waals surface area contributed by atoms with Crippen LogP contribution in [0.2, 0.25) is 0 Å². The number of anilines is 1. The SMILES string of the molecule is CNC(=O)c1ccc2c(c1)nc(-c1ccc(OC)nc1)n2-c1ccc2c(c1)CCC(=O)N2. The van der Waals surface area contributed by atoms with Crippen LogP contribution in [0.15, 0.2) is 54.7 Å². The highest BCUT2D eigenvalue weighted by atomic mass is 16.5. The van der Waals surface area contributed by atoms with Crippen LogP contribution in [0.5, 0.6) is 5.88 Å². The number of pyridine rings is 1. The molecule has 160 valence electrons. The highest BCUT2D eigenvalue weighted by Gasteiger charge is 2.20. The minimum absolute atomic E-state index is 0.0325. The first-order valence-electron chi connectivity index (χ1n) is 10.3. The quantitative estimate of drug-likeness (QED) is 0.521. The van der Waals surface area contributed by atoms with E-state index in [1.807, 2.05) is 28.8 Å². The van der Waals surface area contributed by atoms with Gasteiger partial charge in [-0.05, 0) is 54.4 Å². The maximum atomic E-state index is 12.1. The molecule has 1 aliphatic rings. The van der Waals surface area contributed by atoms with E-state index >= 15 is 0 Å². The molecule has 0 spiro atoms. The van der Waals surface area contributed by atoms with E-state index in [0.717, 1.165) is 28.0 Å². The Labute approximate surface area is 184 Å². The molecule has 0 saturated carbocycles. The highest BCUT2D eigenvalue weighted by Crippen LogP contribution is 2.32. The van der Waals surface area contributed by atoms with Crippen molar-refractivity contribution in [2.75, 3.05) is 19.5 Å². The molecule has 8 nitrogen and oxygen atoms in total. The van der Waals surface area contributed by atoms with Gasteiger partial charge in [0.05, 0.1) is 18.1 Å². The zero-order valence-corrected chi connectivity index (χ0v) is 17.7. The van der Waals surface area contributed by atoms with Gasteiger partial charge in [-0.25, -0.2) is 9.97 Å². The first kappa shape index (κ1) is 19.7. The van der Waals surface area contributed by atoms with Gasteiger partial charge in [0, 0.05) is 48.2 Å². The van der Waals surface area contributed by atoms with E-state index in [-0.39, 0.29) is 11.8 Å². The summed E-state index contributed by atoms with van der Waals surface area (Å²) < 4.78 is 7.23. The van der Waals surface area contributed by atoms with Crippen molar-refractivity contribution in [2.24, 2.45) is 0 Å². The molecule has 32 heavy (non-hydrogen) atoms. The summed E-state index contributed by atoms with van der Waals surface area (Å²) in [5.74, 6) is 1.08. The lowest BCUT2D eigenvalue weighted by molar-refractivity contribution is -0.116. The molecule has 0 unspecified atom stereocenters. The lowest BCUT2D eigenvalue weighted by atomic mass is 10.0. The van der Waals surface area contributed by atoms with Crippen molar-refractivity contribution in [2.45, 2.75) is 12.8 Å². The van der Waals surface area contributed by atoms with Gasteiger partial charge in [0.25, 0.3) is 5.91 Å². The number of fused-ring (bicyclic) bond motifs is 2. The van der Waals surface area contributed by atoms with Gasteiger partial charge in [-0.15, -0.1) is 0 Å². The molecule has 1 aliphatic heterocycles. The third-order valence-electron chi connectivity index (χ3n) is 5.59.